The number of H-pyrrole nitrogens is 1. The summed E-state index contributed by atoms with van der Waals surface area (Å²) in [6.07, 6.45) is 4.64. The Kier molecular flexibility index (Phi) is 4.45. The third-order valence-electron chi connectivity index (χ3n) is 4.33. The molecule has 0 saturated carbocycles. The van der Waals surface area contributed by atoms with Crippen LogP contribution in [-0.2, 0) is 6.54 Å². The molecule has 0 bridgehead atoms. The zero-order valence-electron chi connectivity index (χ0n) is 14.8. The highest BCUT2D eigenvalue weighted by Crippen LogP contribution is 2.27. The van der Waals surface area contributed by atoms with Gasteiger partial charge >= 0.3 is 5.69 Å². The Bertz CT molecular complexity index is 1160. The van der Waals surface area contributed by atoms with E-state index in [9.17, 15) is 4.79 Å². The Labute approximate surface area is 160 Å². The lowest BCUT2D eigenvalue weighted by atomic mass is 9.97. The maximum absolute atomic E-state index is 12.4. The summed E-state index contributed by atoms with van der Waals surface area (Å²) >= 11 is 5.78. The van der Waals surface area contributed by atoms with Crippen molar-refractivity contribution < 1.29 is 0 Å². The minimum Gasteiger partial charge on any atom is -0.303 e. The summed E-state index contributed by atoms with van der Waals surface area (Å²) < 4.78 is 1.52. The van der Waals surface area contributed by atoms with Crippen molar-refractivity contribution in [1.82, 2.24) is 29.5 Å². The maximum atomic E-state index is 12.4. The number of nitrogens with one attached hydrogen (secondary N) is 1. The van der Waals surface area contributed by atoms with Crippen molar-refractivity contribution in [3.8, 4) is 11.4 Å². The first-order valence-corrected chi connectivity index (χ1v) is 8.92. The molecule has 0 unspecified atom stereocenters. The van der Waals surface area contributed by atoms with E-state index in [-0.39, 0.29) is 12.2 Å². The molecule has 4 rings (SSSR count). The monoisotopic (exact) mass is 380 g/mol. The van der Waals surface area contributed by atoms with Gasteiger partial charge in [0, 0.05) is 5.56 Å². The van der Waals surface area contributed by atoms with Gasteiger partial charge in [-0.15, -0.1) is 0 Å². The van der Waals surface area contributed by atoms with Gasteiger partial charge in [-0.25, -0.2) is 19.7 Å². The molecule has 0 radical (unpaired) electrons. The average molecular weight is 381 g/mol. The van der Waals surface area contributed by atoms with Crippen LogP contribution in [0.5, 0.6) is 0 Å². The van der Waals surface area contributed by atoms with Crippen LogP contribution in [-0.4, -0.2) is 29.5 Å². The average Bonchev–Trinajstić information content (AvgIpc) is 2.98. The van der Waals surface area contributed by atoms with Crippen LogP contribution < -0.4 is 5.69 Å². The number of halogens is 1. The molecular formula is C19H17ClN6O. The fraction of sp³-hybridized carbons (Fsp3) is 0.211. The lowest BCUT2D eigenvalue weighted by molar-refractivity contribution is 0.751. The molecule has 3 aromatic heterocycles. The molecule has 0 fully saturated rings. The second kappa shape index (κ2) is 6.92. The van der Waals surface area contributed by atoms with Crippen LogP contribution in [0.3, 0.4) is 0 Å². The van der Waals surface area contributed by atoms with Gasteiger partial charge in [-0.3, -0.25) is 9.55 Å². The normalized spacial score (nSPS) is 11.4. The van der Waals surface area contributed by atoms with E-state index in [1.807, 2.05) is 18.2 Å². The summed E-state index contributed by atoms with van der Waals surface area (Å²) in [7, 11) is 0. The smallest absolute Gasteiger partial charge is 0.303 e. The minimum atomic E-state index is -0.273. The standard InChI is InChI=1S/C19H17ClN6O/c1-11(2)13-5-3-4-6-14(13)17-23-8-15-18(25-17)26(19(27)24-15)10-12-7-22-16(20)9-21-12/h3-9,11H,10H2,1-2H3,(H,24,27). The lowest BCUT2D eigenvalue weighted by Crippen LogP contribution is -2.18. The molecule has 27 heavy (non-hydrogen) atoms. The van der Waals surface area contributed by atoms with Crippen LogP contribution in [0.2, 0.25) is 5.15 Å². The SMILES string of the molecule is CC(C)c1ccccc1-c1ncc2[nH]c(=O)n(Cc3cnc(Cl)cn3)c2n1. The second-order valence-electron chi connectivity index (χ2n) is 6.52. The second-order valence-corrected chi connectivity index (χ2v) is 6.91. The topological polar surface area (TPSA) is 89.4 Å². The number of aromatic amines is 1. The molecule has 7 nitrogen and oxygen atoms in total. The van der Waals surface area contributed by atoms with E-state index in [0.717, 1.165) is 11.1 Å². The van der Waals surface area contributed by atoms with Crippen molar-refractivity contribution in [2.75, 3.05) is 0 Å². The molecule has 0 aliphatic heterocycles. The van der Waals surface area contributed by atoms with Gasteiger partial charge in [-0.2, -0.15) is 0 Å². The minimum absolute atomic E-state index is 0.241. The van der Waals surface area contributed by atoms with Crippen LogP contribution in [0.4, 0.5) is 0 Å². The summed E-state index contributed by atoms with van der Waals surface area (Å²) in [5.74, 6) is 0.917. The predicted molar refractivity (Wildman–Crippen MR) is 104 cm³/mol. The first kappa shape index (κ1) is 17.4. The Morgan fingerprint density at radius 3 is 2.67 bits per heavy atom. The van der Waals surface area contributed by atoms with Gasteiger partial charge in [0.05, 0.1) is 30.8 Å². The van der Waals surface area contributed by atoms with Gasteiger partial charge in [0.1, 0.15) is 10.7 Å². The molecule has 8 heteroatoms. The molecule has 3 heterocycles. The molecular weight excluding hydrogens is 364 g/mol. The van der Waals surface area contributed by atoms with Gasteiger partial charge in [0.15, 0.2) is 11.5 Å². The molecule has 4 aromatic rings. The van der Waals surface area contributed by atoms with E-state index in [0.29, 0.717) is 33.8 Å². The fourth-order valence-corrected chi connectivity index (χ4v) is 3.11. The van der Waals surface area contributed by atoms with Gasteiger partial charge in [0.25, 0.3) is 0 Å². The van der Waals surface area contributed by atoms with Crippen molar-refractivity contribution in [2.45, 2.75) is 26.3 Å². The summed E-state index contributed by atoms with van der Waals surface area (Å²) in [5.41, 5.74) is 3.56. The molecule has 0 atom stereocenters. The van der Waals surface area contributed by atoms with Crippen LogP contribution in [0.15, 0.2) is 47.7 Å². The molecule has 1 aromatic carbocycles. The number of benzene rings is 1. The van der Waals surface area contributed by atoms with Crippen molar-refractivity contribution in [1.29, 1.82) is 0 Å². The van der Waals surface area contributed by atoms with E-state index in [2.05, 4.69) is 44.8 Å². The van der Waals surface area contributed by atoms with Crippen LogP contribution in [0, 0.1) is 0 Å². The highest BCUT2D eigenvalue weighted by atomic mass is 35.5. The first-order chi connectivity index (χ1) is 13.0. The number of rotatable bonds is 4. The Balaban J connectivity index is 1.83. The highest BCUT2D eigenvalue weighted by Gasteiger charge is 2.15. The number of nitrogens with zero attached hydrogens (tertiary/aromatic N) is 5. The zero-order valence-corrected chi connectivity index (χ0v) is 15.6. The van der Waals surface area contributed by atoms with Crippen LogP contribution in [0.25, 0.3) is 22.6 Å². The van der Waals surface area contributed by atoms with E-state index in [1.165, 1.54) is 10.8 Å². The summed E-state index contributed by atoms with van der Waals surface area (Å²) in [6.45, 7) is 4.50. The van der Waals surface area contributed by atoms with Crippen LogP contribution in [0.1, 0.15) is 31.0 Å². The largest absolute Gasteiger partial charge is 0.328 e. The maximum Gasteiger partial charge on any atom is 0.328 e. The molecule has 0 amide bonds. The quantitative estimate of drug-likeness (QED) is 0.586. The van der Waals surface area contributed by atoms with Crippen molar-refractivity contribution in [3.63, 3.8) is 0 Å². The van der Waals surface area contributed by atoms with Crippen molar-refractivity contribution in [3.05, 3.63) is 69.8 Å². The number of hydrogen-bond acceptors (Lipinski definition) is 5. The Morgan fingerprint density at radius 2 is 1.93 bits per heavy atom. The van der Waals surface area contributed by atoms with Gasteiger partial charge in [0.2, 0.25) is 0 Å². The van der Waals surface area contributed by atoms with Crippen molar-refractivity contribution in [2.24, 2.45) is 0 Å². The third kappa shape index (κ3) is 3.33. The number of hydrogen-bond donors (Lipinski definition) is 1. The molecule has 0 saturated heterocycles. The van der Waals surface area contributed by atoms with Crippen LogP contribution >= 0.6 is 11.6 Å². The summed E-state index contributed by atoms with van der Waals surface area (Å²) in [4.78, 5) is 32.5. The van der Waals surface area contributed by atoms with E-state index < -0.39 is 0 Å². The first-order valence-electron chi connectivity index (χ1n) is 8.54. The summed E-state index contributed by atoms with van der Waals surface area (Å²) in [6, 6.07) is 8.03. The number of fused-ring (bicyclic) bond motifs is 1. The molecule has 0 aliphatic rings. The summed E-state index contributed by atoms with van der Waals surface area (Å²) in [5, 5.41) is 0.305. The molecule has 1 N–H and O–H groups in total. The van der Waals surface area contributed by atoms with Gasteiger partial charge in [-0.05, 0) is 11.5 Å². The Hall–Kier alpha value is -3.06. The number of aromatic nitrogens is 6. The van der Waals surface area contributed by atoms with Crippen molar-refractivity contribution >= 4 is 22.8 Å². The molecule has 0 aliphatic carbocycles. The van der Waals surface area contributed by atoms with E-state index in [4.69, 9.17) is 11.6 Å². The molecule has 0 spiro atoms. The Morgan fingerprint density at radius 1 is 1.11 bits per heavy atom. The third-order valence-corrected chi connectivity index (χ3v) is 4.52. The van der Waals surface area contributed by atoms with E-state index in [1.54, 1.807) is 12.4 Å². The number of imidazole rings is 1. The zero-order chi connectivity index (χ0) is 19.0. The predicted octanol–water partition coefficient (Wildman–Crippen LogP) is 3.40. The van der Waals surface area contributed by atoms with Gasteiger partial charge in [-0.1, -0.05) is 49.7 Å². The fourth-order valence-electron chi connectivity index (χ4n) is 3.01. The van der Waals surface area contributed by atoms with Gasteiger partial charge < -0.3 is 4.98 Å². The van der Waals surface area contributed by atoms with E-state index >= 15 is 0 Å². The molecule has 136 valence electrons. The lowest BCUT2D eigenvalue weighted by Gasteiger charge is -2.11. The highest BCUT2D eigenvalue weighted by molar-refractivity contribution is 6.29.